The molecular weight excluding hydrogens is 308 g/mol. The van der Waals surface area contributed by atoms with Crippen molar-refractivity contribution in [1.29, 1.82) is 0 Å². The van der Waals surface area contributed by atoms with Crippen molar-refractivity contribution >= 4 is 17.5 Å². The molecule has 2 N–H and O–H groups in total. The molecule has 3 aromatic rings. The first-order valence-corrected chi connectivity index (χ1v) is 8.49. The van der Waals surface area contributed by atoms with Crippen molar-refractivity contribution in [2.45, 2.75) is 34.2 Å². The van der Waals surface area contributed by atoms with E-state index < -0.39 is 0 Å². The molecule has 0 saturated heterocycles. The van der Waals surface area contributed by atoms with Crippen LogP contribution < -0.4 is 10.6 Å². The van der Waals surface area contributed by atoms with Gasteiger partial charge in [-0.25, -0.2) is 4.98 Å². The quantitative estimate of drug-likeness (QED) is 0.685. The summed E-state index contributed by atoms with van der Waals surface area (Å²) in [6.45, 7) is 8.96. The van der Waals surface area contributed by atoms with Crippen LogP contribution in [0.15, 0.2) is 48.5 Å². The Kier molecular flexibility index (Phi) is 4.98. The van der Waals surface area contributed by atoms with Gasteiger partial charge in [0.25, 0.3) is 0 Å². The maximum absolute atomic E-state index is 4.59. The van der Waals surface area contributed by atoms with E-state index in [2.05, 4.69) is 83.8 Å². The molecule has 4 nitrogen and oxygen atoms in total. The Balaban J connectivity index is 1.74. The lowest BCUT2D eigenvalue weighted by Gasteiger charge is -2.12. The maximum atomic E-state index is 4.59. The van der Waals surface area contributed by atoms with E-state index in [1.807, 2.05) is 13.0 Å². The summed E-state index contributed by atoms with van der Waals surface area (Å²) in [6.07, 6.45) is 0. The van der Waals surface area contributed by atoms with Crippen molar-refractivity contribution < 1.29 is 0 Å². The molecule has 0 unspecified atom stereocenters. The average Bonchev–Trinajstić information content (AvgIpc) is 2.56. The fourth-order valence-electron chi connectivity index (χ4n) is 2.69. The summed E-state index contributed by atoms with van der Waals surface area (Å²) < 4.78 is 0. The monoisotopic (exact) mass is 332 g/mol. The van der Waals surface area contributed by atoms with Crippen LogP contribution in [-0.2, 0) is 6.54 Å². The van der Waals surface area contributed by atoms with Gasteiger partial charge in [0, 0.05) is 24.0 Å². The van der Waals surface area contributed by atoms with Gasteiger partial charge in [-0.2, -0.15) is 4.98 Å². The minimum atomic E-state index is 0.632. The molecule has 3 rings (SSSR count). The molecule has 0 radical (unpaired) electrons. The van der Waals surface area contributed by atoms with Crippen LogP contribution in [0.3, 0.4) is 0 Å². The molecule has 0 bridgehead atoms. The number of rotatable bonds is 5. The molecule has 2 aromatic carbocycles. The molecule has 0 aliphatic heterocycles. The number of aromatic nitrogens is 2. The summed E-state index contributed by atoms with van der Waals surface area (Å²) in [5.74, 6) is 1.43. The number of benzene rings is 2. The zero-order valence-electron chi connectivity index (χ0n) is 15.2. The summed E-state index contributed by atoms with van der Waals surface area (Å²) in [7, 11) is 0. The highest BCUT2D eigenvalue weighted by Gasteiger charge is 2.05. The Morgan fingerprint density at radius 2 is 1.52 bits per heavy atom. The van der Waals surface area contributed by atoms with Gasteiger partial charge in [-0.3, -0.25) is 0 Å². The number of nitrogens with zero attached hydrogens (tertiary/aromatic N) is 2. The molecular formula is C21H24N4. The molecule has 0 spiro atoms. The van der Waals surface area contributed by atoms with Crippen LogP contribution in [0.25, 0.3) is 0 Å². The van der Waals surface area contributed by atoms with E-state index in [0.29, 0.717) is 12.5 Å². The zero-order valence-corrected chi connectivity index (χ0v) is 15.2. The van der Waals surface area contributed by atoms with Gasteiger partial charge in [-0.1, -0.05) is 47.5 Å². The van der Waals surface area contributed by atoms with E-state index in [1.54, 1.807) is 0 Å². The highest BCUT2D eigenvalue weighted by atomic mass is 15.1. The number of aryl methyl sites for hydroxylation is 4. The van der Waals surface area contributed by atoms with Gasteiger partial charge in [0.1, 0.15) is 5.82 Å². The van der Waals surface area contributed by atoms with Gasteiger partial charge < -0.3 is 10.6 Å². The van der Waals surface area contributed by atoms with Crippen molar-refractivity contribution in [2.24, 2.45) is 0 Å². The molecule has 4 heteroatoms. The van der Waals surface area contributed by atoms with Crippen molar-refractivity contribution in [2.75, 3.05) is 10.6 Å². The van der Waals surface area contributed by atoms with E-state index in [1.165, 1.54) is 22.3 Å². The summed E-state index contributed by atoms with van der Waals surface area (Å²) >= 11 is 0. The van der Waals surface area contributed by atoms with Gasteiger partial charge >= 0.3 is 0 Å². The largest absolute Gasteiger partial charge is 0.350 e. The Morgan fingerprint density at radius 3 is 2.24 bits per heavy atom. The summed E-state index contributed by atoms with van der Waals surface area (Å²) in [5.41, 5.74) is 6.91. The van der Waals surface area contributed by atoms with Crippen LogP contribution in [0.5, 0.6) is 0 Å². The Morgan fingerprint density at radius 1 is 0.800 bits per heavy atom. The first-order valence-electron chi connectivity index (χ1n) is 8.49. The Hall–Kier alpha value is -2.88. The van der Waals surface area contributed by atoms with Gasteiger partial charge in [-0.15, -0.1) is 0 Å². The molecule has 0 saturated carbocycles. The van der Waals surface area contributed by atoms with Gasteiger partial charge in [0.2, 0.25) is 5.95 Å². The third kappa shape index (κ3) is 4.57. The minimum absolute atomic E-state index is 0.632. The molecule has 25 heavy (non-hydrogen) atoms. The lowest BCUT2D eigenvalue weighted by Crippen LogP contribution is -2.06. The summed E-state index contributed by atoms with van der Waals surface area (Å²) in [5, 5.41) is 6.70. The van der Waals surface area contributed by atoms with Crippen LogP contribution in [0.1, 0.15) is 27.9 Å². The van der Waals surface area contributed by atoms with Crippen LogP contribution in [0.2, 0.25) is 0 Å². The lowest BCUT2D eigenvalue weighted by molar-refractivity contribution is 1.03. The predicted molar refractivity (Wildman–Crippen MR) is 104 cm³/mol. The van der Waals surface area contributed by atoms with Crippen molar-refractivity contribution in [3.63, 3.8) is 0 Å². The smallest absolute Gasteiger partial charge is 0.225 e. The number of hydrogen-bond donors (Lipinski definition) is 2. The summed E-state index contributed by atoms with van der Waals surface area (Å²) in [4.78, 5) is 9.07. The third-order valence-corrected chi connectivity index (χ3v) is 4.07. The molecule has 0 aliphatic rings. The minimum Gasteiger partial charge on any atom is -0.350 e. The number of hydrogen-bond acceptors (Lipinski definition) is 4. The molecule has 0 amide bonds. The Labute approximate surface area is 149 Å². The van der Waals surface area contributed by atoms with Crippen molar-refractivity contribution in [3.8, 4) is 0 Å². The van der Waals surface area contributed by atoms with Crippen molar-refractivity contribution in [3.05, 3.63) is 76.5 Å². The van der Waals surface area contributed by atoms with Gasteiger partial charge in [0.15, 0.2) is 0 Å². The van der Waals surface area contributed by atoms with E-state index in [9.17, 15) is 0 Å². The van der Waals surface area contributed by atoms with Gasteiger partial charge in [0.05, 0.1) is 0 Å². The highest BCUT2D eigenvalue weighted by Crippen LogP contribution is 2.21. The number of nitrogens with one attached hydrogen (secondary N) is 2. The average molecular weight is 332 g/mol. The SMILES string of the molecule is Cc1ccc(CNc2nc(C)cc(Nc3ccc(C)cc3C)n2)cc1. The van der Waals surface area contributed by atoms with Crippen LogP contribution in [0.4, 0.5) is 17.5 Å². The lowest BCUT2D eigenvalue weighted by atomic mass is 10.1. The van der Waals surface area contributed by atoms with Crippen LogP contribution in [0, 0.1) is 27.7 Å². The third-order valence-electron chi connectivity index (χ3n) is 4.07. The fourth-order valence-corrected chi connectivity index (χ4v) is 2.69. The second-order valence-electron chi connectivity index (χ2n) is 6.50. The van der Waals surface area contributed by atoms with Gasteiger partial charge in [-0.05, 0) is 44.9 Å². The first kappa shape index (κ1) is 17.0. The highest BCUT2D eigenvalue weighted by molar-refractivity contribution is 5.61. The molecule has 1 heterocycles. The standard InChI is InChI=1S/C21H24N4/c1-14-5-8-18(9-6-14)13-22-21-23-17(4)12-20(25-21)24-19-10-7-15(2)11-16(19)3/h5-12H,13H2,1-4H3,(H2,22,23,24,25). The normalized spacial score (nSPS) is 10.6. The molecule has 0 atom stereocenters. The predicted octanol–water partition coefficient (Wildman–Crippen LogP) is 5.07. The van der Waals surface area contributed by atoms with E-state index in [0.717, 1.165) is 17.2 Å². The first-order chi connectivity index (χ1) is 12.0. The maximum Gasteiger partial charge on any atom is 0.225 e. The Bertz CT molecular complexity index is 870. The fraction of sp³-hybridized carbons (Fsp3) is 0.238. The zero-order chi connectivity index (χ0) is 17.8. The van der Waals surface area contributed by atoms with E-state index in [4.69, 9.17) is 0 Å². The molecule has 128 valence electrons. The summed E-state index contributed by atoms with van der Waals surface area (Å²) in [6, 6.07) is 16.8. The van der Waals surface area contributed by atoms with E-state index in [-0.39, 0.29) is 0 Å². The van der Waals surface area contributed by atoms with Crippen LogP contribution >= 0.6 is 0 Å². The van der Waals surface area contributed by atoms with Crippen molar-refractivity contribution in [1.82, 2.24) is 9.97 Å². The topological polar surface area (TPSA) is 49.8 Å². The number of anilines is 3. The van der Waals surface area contributed by atoms with E-state index >= 15 is 0 Å². The molecule has 0 aliphatic carbocycles. The molecule has 1 aromatic heterocycles. The second kappa shape index (κ2) is 7.34. The molecule has 0 fully saturated rings. The van der Waals surface area contributed by atoms with Crippen LogP contribution in [-0.4, -0.2) is 9.97 Å². The second-order valence-corrected chi connectivity index (χ2v) is 6.50.